The number of aromatic amines is 1. The first-order valence-electron chi connectivity index (χ1n) is 8.73. The summed E-state index contributed by atoms with van der Waals surface area (Å²) in [7, 11) is 0. The highest BCUT2D eigenvalue weighted by Gasteiger charge is 2.17. The maximum atomic E-state index is 13.9. The van der Waals surface area contributed by atoms with Crippen LogP contribution in [0, 0.1) is 24.1 Å². The van der Waals surface area contributed by atoms with Crippen molar-refractivity contribution in [3.63, 3.8) is 0 Å². The highest BCUT2D eigenvalue weighted by molar-refractivity contribution is 5.73. The smallest absolute Gasteiger partial charge is 0.266 e. The average Bonchev–Trinajstić information content (AvgIpc) is 2.83. The maximum absolute atomic E-state index is 13.9. The zero-order valence-corrected chi connectivity index (χ0v) is 14.4. The topological polar surface area (TPSA) is 59.9 Å². The van der Waals surface area contributed by atoms with Crippen molar-refractivity contribution < 1.29 is 4.39 Å². The minimum absolute atomic E-state index is 0.0781. The standard InChI is InChI=1S/C20H22FN3O/c1-14-10-18(19(12-22)20(25)23-14)17-7-6-16(21)11-15(17)13-24-8-4-2-3-5-9-24/h6-7,10-11H,2-5,8-9,13H2,1H3,(H,23,25). The van der Waals surface area contributed by atoms with Gasteiger partial charge in [-0.1, -0.05) is 18.9 Å². The van der Waals surface area contributed by atoms with Gasteiger partial charge in [0.05, 0.1) is 0 Å². The van der Waals surface area contributed by atoms with Crippen LogP contribution in [-0.4, -0.2) is 23.0 Å². The summed E-state index contributed by atoms with van der Waals surface area (Å²) in [6.07, 6.45) is 4.77. The third-order valence-electron chi connectivity index (χ3n) is 4.73. The number of H-pyrrole nitrogens is 1. The Labute approximate surface area is 146 Å². The van der Waals surface area contributed by atoms with Crippen LogP contribution in [0.1, 0.15) is 42.5 Å². The Balaban J connectivity index is 2.06. The van der Waals surface area contributed by atoms with E-state index in [1.54, 1.807) is 19.1 Å². The summed E-state index contributed by atoms with van der Waals surface area (Å²) in [6, 6.07) is 8.38. The molecule has 2 aromatic rings. The summed E-state index contributed by atoms with van der Waals surface area (Å²) in [5.74, 6) is -0.298. The molecule has 0 radical (unpaired) electrons. The van der Waals surface area contributed by atoms with Gasteiger partial charge in [0.2, 0.25) is 0 Å². The molecule has 1 aromatic carbocycles. The Morgan fingerprint density at radius 2 is 1.88 bits per heavy atom. The molecule has 2 heterocycles. The molecule has 25 heavy (non-hydrogen) atoms. The van der Waals surface area contributed by atoms with Crippen molar-refractivity contribution in [1.29, 1.82) is 5.26 Å². The number of benzene rings is 1. The van der Waals surface area contributed by atoms with Crippen LogP contribution in [-0.2, 0) is 6.54 Å². The summed E-state index contributed by atoms with van der Waals surface area (Å²) in [4.78, 5) is 17.1. The molecule has 0 atom stereocenters. The molecule has 1 aromatic heterocycles. The molecule has 1 saturated heterocycles. The van der Waals surface area contributed by atoms with E-state index in [2.05, 4.69) is 9.88 Å². The van der Waals surface area contributed by atoms with Crippen molar-refractivity contribution in [3.8, 4) is 17.2 Å². The van der Waals surface area contributed by atoms with E-state index < -0.39 is 5.56 Å². The van der Waals surface area contributed by atoms with Gasteiger partial charge in [0.15, 0.2) is 0 Å². The zero-order valence-electron chi connectivity index (χ0n) is 14.4. The lowest BCUT2D eigenvalue weighted by Crippen LogP contribution is -2.24. The van der Waals surface area contributed by atoms with Crippen molar-refractivity contribution in [2.45, 2.75) is 39.2 Å². The molecule has 4 nitrogen and oxygen atoms in total. The van der Waals surface area contributed by atoms with Crippen LogP contribution < -0.4 is 5.56 Å². The van der Waals surface area contributed by atoms with Crippen molar-refractivity contribution in [3.05, 3.63) is 57.3 Å². The van der Waals surface area contributed by atoms with E-state index in [1.807, 2.05) is 6.07 Å². The minimum Gasteiger partial charge on any atom is -0.325 e. The van der Waals surface area contributed by atoms with E-state index in [4.69, 9.17) is 0 Å². The Hall–Kier alpha value is -2.45. The van der Waals surface area contributed by atoms with Crippen molar-refractivity contribution in [1.82, 2.24) is 9.88 Å². The van der Waals surface area contributed by atoms with Gasteiger partial charge in [-0.2, -0.15) is 5.26 Å². The predicted molar refractivity (Wildman–Crippen MR) is 95.7 cm³/mol. The summed E-state index contributed by atoms with van der Waals surface area (Å²) < 4.78 is 13.9. The third kappa shape index (κ3) is 3.97. The Morgan fingerprint density at radius 1 is 1.16 bits per heavy atom. The van der Waals surface area contributed by atoms with E-state index in [9.17, 15) is 14.4 Å². The lowest BCUT2D eigenvalue weighted by molar-refractivity contribution is 0.277. The van der Waals surface area contributed by atoms with Crippen LogP contribution in [0.4, 0.5) is 4.39 Å². The number of hydrogen-bond acceptors (Lipinski definition) is 3. The number of nitrogens with zero attached hydrogens (tertiary/aromatic N) is 2. The first-order valence-corrected chi connectivity index (χ1v) is 8.73. The van der Waals surface area contributed by atoms with Crippen LogP contribution in [0.25, 0.3) is 11.1 Å². The summed E-state index contributed by atoms with van der Waals surface area (Å²) in [5.41, 5.74) is 2.52. The molecule has 3 rings (SSSR count). The average molecular weight is 339 g/mol. The second-order valence-corrected chi connectivity index (χ2v) is 6.67. The molecule has 1 N–H and O–H groups in total. The first-order chi connectivity index (χ1) is 12.1. The monoisotopic (exact) mass is 339 g/mol. The molecule has 0 aliphatic carbocycles. The SMILES string of the molecule is Cc1cc(-c2ccc(F)cc2CN2CCCCCC2)c(C#N)c(=O)[nH]1. The molecule has 0 amide bonds. The van der Waals surface area contributed by atoms with Gasteiger partial charge in [-0.3, -0.25) is 9.69 Å². The fraction of sp³-hybridized carbons (Fsp3) is 0.400. The molecular formula is C20H22FN3O. The molecule has 1 aliphatic rings. The van der Waals surface area contributed by atoms with Crippen LogP contribution in [0.5, 0.6) is 0 Å². The molecule has 0 spiro atoms. The van der Waals surface area contributed by atoms with Gasteiger partial charge in [0.1, 0.15) is 17.4 Å². The highest BCUT2D eigenvalue weighted by Crippen LogP contribution is 2.28. The molecular weight excluding hydrogens is 317 g/mol. The first kappa shape index (κ1) is 17.4. The van der Waals surface area contributed by atoms with Crippen LogP contribution in [0.15, 0.2) is 29.1 Å². The van der Waals surface area contributed by atoms with Gasteiger partial charge in [0.25, 0.3) is 5.56 Å². The van der Waals surface area contributed by atoms with E-state index in [0.29, 0.717) is 17.8 Å². The van der Waals surface area contributed by atoms with E-state index in [-0.39, 0.29) is 11.4 Å². The molecule has 0 bridgehead atoms. The van der Waals surface area contributed by atoms with Gasteiger partial charge in [0, 0.05) is 17.8 Å². The van der Waals surface area contributed by atoms with Crippen LogP contribution in [0.2, 0.25) is 0 Å². The highest BCUT2D eigenvalue weighted by atomic mass is 19.1. The zero-order chi connectivity index (χ0) is 17.8. The van der Waals surface area contributed by atoms with E-state index in [0.717, 1.165) is 37.1 Å². The molecule has 0 unspecified atom stereocenters. The summed E-state index contributed by atoms with van der Waals surface area (Å²) in [5, 5.41) is 9.40. The van der Waals surface area contributed by atoms with E-state index in [1.165, 1.54) is 25.0 Å². The van der Waals surface area contributed by atoms with Crippen LogP contribution >= 0.6 is 0 Å². The number of nitriles is 1. The maximum Gasteiger partial charge on any atom is 0.266 e. The van der Waals surface area contributed by atoms with Crippen molar-refractivity contribution >= 4 is 0 Å². The Morgan fingerprint density at radius 3 is 2.56 bits per heavy atom. The van der Waals surface area contributed by atoms with Gasteiger partial charge in [-0.05, 0) is 62.2 Å². The second kappa shape index (κ2) is 7.62. The van der Waals surface area contributed by atoms with Gasteiger partial charge < -0.3 is 4.98 Å². The number of aryl methyl sites for hydroxylation is 1. The molecule has 1 fully saturated rings. The predicted octanol–water partition coefficient (Wildman–Crippen LogP) is 3.74. The summed E-state index contributed by atoms with van der Waals surface area (Å²) in [6.45, 7) is 4.40. The Kier molecular flexibility index (Phi) is 5.30. The number of rotatable bonds is 3. The summed E-state index contributed by atoms with van der Waals surface area (Å²) >= 11 is 0. The number of hydrogen-bond donors (Lipinski definition) is 1. The number of likely N-dealkylation sites (tertiary alicyclic amines) is 1. The number of pyridine rings is 1. The third-order valence-corrected chi connectivity index (χ3v) is 4.73. The lowest BCUT2D eigenvalue weighted by atomic mass is 9.95. The van der Waals surface area contributed by atoms with Gasteiger partial charge >= 0.3 is 0 Å². The van der Waals surface area contributed by atoms with Gasteiger partial charge in [-0.25, -0.2) is 4.39 Å². The van der Waals surface area contributed by atoms with Crippen molar-refractivity contribution in [2.75, 3.05) is 13.1 Å². The molecule has 130 valence electrons. The molecule has 0 saturated carbocycles. The molecule has 1 aliphatic heterocycles. The fourth-order valence-corrected chi connectivity index (χ4v) is 3.50. The lowest BCUT2D eigenvalue weighted by Gasteiger charge is -2.22. The quantitative estimate of drug-likeness (QED) is 0.927. The minimum atomic E-state index is -0.400. The molecule has 5 heteroatoms. The van der Waals surface area contributed by atoms with E-state index >= 15 is 0 Å². The largest absolute Gasteiger partial charge is 0.325 e. The normalized spacial score (nSPS) is 15.6. The van der Waals surface area contributed by atoms with Crippen molar-refractivity contribution in [2.24, 2.45) is 0 Å². The second-order valence-electron chi connectivity index (χ2n) is 6.67. The number of halogens is 1. The fourth-order valence-electron chi connectivity index (χ4n) is 3.50. The van der Waals surface area contributed by atoms with Crippen LogP contribution in [0.3, 0.4) is 0 Å². The number of nitrogens with one attached hydrogen (secondary N) is 1. The number of aromatic nitrogens is 1. The van der Waals surface area contributed by atoms with Gasteiger partial charge in [-0.15, -0.1) is 0 Å². The Bertz CT molecular complexity index is 858.